The molecule has 0 saturated heterocycles. The molecule has 0 fully saturated rings. The lowest BCUT2D eigenvalue weighted by Gasteiger charge is -2.27. The van der Waals surface area contributed by atoms with Crippen LogP contribution in [0.15, 0.2) is 22.7 Å². The molecule has 0 unspecified atom stereocenters. The van der Waals surface area contributed by atoms with Gasteiger partial charge in [0.1, 0.15) is 11.6 Å². The zero-order chi connectivity index (χ0) is 16.7. The van der Waals surface area contributed by atoms with Gasteiger partial charge in [0.15, 0.2) is 6.10 Å². The Hall–Kier alpha value is -1.14. The molecule has 1 aromatic carbocycles. The van der Waals surface area contributed by atoms with Gasteiger partial charge in [-0.2, -0.15) is 0 Å². The molecule has 0 aliphatic rings. The van der Waals surface area contributed by atoms with E-state index in [1.165, 1.54) is 18.2 Å². The van der Waals surface area contributed by atoms with Crippen molar-refractivity contribution in [2.24, 2.45) is 0 Å². The maximum Gasteiger partial charge on any atom is 0.260 e. The van der Waals surface area contributed by atoms with E-state index >= 15 is 0 Å². The highest BCUT2D eigenvalue weighted by molar-refractivity contribution is 9.10. The minimum absolute atomic E-state index is 0.185. The number of nitrogens with one attached hydrogen (secondary N) is 1. The fourth-order valence-electron chi connectivity index (χ4n) is 2.18. The van der Waals surface area contributed by atoms with Crippen molar-refractivity contribution in [1.82, 2.24) is 10.2 Å². The van der Waals surface area contributed by atoms with Crippen LogP contribution >= 0.6 is 15.9 Å². The second kappa shape index (κ2) is 9.10. The van der Waals surface area contributed by atoms with E-state index in [0.717, 1.165) is 13.1 Å². The SMILES string of the molecule is CCN(CC)[C@H](C)CNC(=O)[C@H](C)Oc1ccc(F)cc1Br. The first-order valence-electron chi connectivity index (χ1n) is 7.52. The Morgan fingerprint density at radius 1 is 1.36 bits per heavy atom. The molecule has 22 heavy (non-hydrogen) atoms. The van der Waals surface area contributed by atoms with Gasteiger partial charge in [-0.1, -0.05) is 13.8 Å². The van der Waals surface area contributed by atoms with Crippen LogP contribution in [0.3, 0.4) is 0 Å². The van der Waals surface area contributed by atoms with Crippen LogP contribution in [0.5, 0.6) is 5.75 Å². The van der Waals surface area contributed by atoms with Crippen molar-refractivity contribution in [2.75, 3.05) is 19.6 Å². The van der Waals surface area contributed by atoms with Crippen molar-refractivity contribution >= 4 is 21.8 Å². The summed E-state index contributed by atoms with van der Waals surface area (Å²) in [7, 11) is 0. The number of halogens is 2. The van der Waals surface area contributed by atoms with Crippen LogP contribution in [0.25, 0.3) is 0 Å². The molecular formula is C16H24BrFN2O2. The molecule has 0 aromatic heterocycles. The molecule has 0 aliphatic carbocycles. The predicted molar refractivity (Wildman–Crippen MR) is 89.6 cm³/mol. The number of nitrogens with zero attached hydrogens (tertiary/aromatic N) is 1. The summed E-state index contributed by atoms with van der Waals surface area (Å²) in [6.07, 6.45) is -0.648. The van der Waals surface area contributed by atoms with Crippen molar-refractivity contribution in [3.8, 4) is 5.75 Å². The Morgan fingerprint density at radius 2 is 2.00 bits per heavy atom. The van der Waals surface area contributed by atoms with Crippen molar-refractivity contribution < 1.29 is 13.9 Å². The van der Waals surface area contributed by atoms with Crippen molar-refractivity contribution in [1.29, 1.82) is 0 Å². The average molecular weight is 375 g/mol. The van der Waals surface area contributed by atoms with Crippen LogP contribution in [0.1, 0.15) is 27.7 Å². The van der Waals surface area contributed by atoms with E-state index < -0.39 is 6.10 Å². The molecule has 0 bridgehead atoms. The molecule has 0 spiro atoms. The second-order valence-electron chi connectivity index (χ2n) is 5.15. The minimum Gasteiger partial charge on any atom is -0.480 e. The third-order valence-corrected chi connectivity index (χ3v) is 4.19. The number of rotatable bonds is 8. The molecule has 1 N–H and O–H groups in total. The fraction of sp³-hybridized carbons (Fsp3) is 0.562. The lowest BCUT2D eigenvalue weighted by atomic mass is 10.2. The van der Waals surface area contributed by atoms with Gasteiger partial charge in [0.05, 0.1) is 4.47 Å². The minimum atomic E-state index is -0.648. The van der Waals surface area contributed by atoms with Gasteiger partial charge >= 0.3 is 0 Å². The van der Waals surface area contributed by atoms with Crippen molar-refractivity contribution in [2.45, 2.75) is 39.8 Å². The monoisotopic (exact) mass is 374 g/mol. The summed E-state index contributed by atoms with van der Waals surface area (Å²) in [6.45, 7) is 10.4. The van der Waals surface area contributed by atoms with E-state index in [1.54, 1.807) is 6.92 Å². The van der Waals surface area contributed by atoms with Gasteiger partial charge in [0.25, 0.3) is 5.91 Å². The summed E-state index contributed by atoms with van der Waals surface area (Å²) in [4.78, 5) is 14.4. The van der Waals surface area contributed by atoms with Crippen LogP contribution in [0, 0.1) is 5.82 Å². The number of hydrogen-bond donors (Lipinski definition) is 1. The topological polar surface area (TPSA) is 41.6 Å². The summed E-state index contributed by atoms with van der Waals surface area (Å²) in [6, 6.07) is 4.38. The largest absolute Gasteiger partial charge is 0.480 e. The van der Waals surface area contributed by atoms with Crippen LogP contribution < -0.4 is 10.1 Å². The van der Waals surface area contributed by atoms with E-state index in [-0.39, 0.29) is 17.8 Å². The van der Waals surface area contributed by atoms with Crippen LogP contribution in [-0.4, -0.2) is 42.6 Å². The third-order valence-electron chi connectivity index (χ3n) is 3.57. The first-order chi connectivity index (χ1) is 10.4. The quantitative estimate of drug-likeness (QED) is 0.759. The van der Waals surface area contributed by atoms with Gasteiger partial charge < -0.3 is 10.1 Å². The Bertz CT molecular complexity index is 495. The smallest absolute Gasteiger partial charge is 0.260 e. The van der Waals surface area contributed by atoms with Crippen LogP contribution in [0.4, 0.5) is 4.39 Å². The van der Waals surface area contributed by atoms with Gasteiger partial charge in [-0.25, -0.2) is 4.39 Å². The molecule has 0 radical (unpaired) electrons. The Labute approximate surface area is 140 Å². The molecule has 1 amide bonds. The lowest BCUT2D eigenvalue weighted by Crippen LogP contribution is -2.45. The molecule has 2 atom stereocenters. The number of likely N-dealkylation sites (N-methyl/N-ethyl adjacent to an activating group) is 1. The predicted octanol–water partition coefficient (Wildman–Crippen LogP) is 3.20. The molecule has 1 aromatic rings. The van der Waals surface area contributed by atoms with Crippen LogP contribution in [0.2, 0.25) is 0 Å². The van der Waals surface area contributed by atoms with Gasteiger partial charge in [0, 0.05) is 12.6 Å². The average Bonchev–Trinajstić information content (AvgIpc) is 2.48. The molecule has 0 aliphatic heterocycles. The van der Waals surface area contributed by atoms with E-state index in [4.69, 9.17) is 4.74 Å². The highest BCUT2D eigenvalue weighted by Crippen LogP contribution is 2.26. The molecular weight excluding hydrogens is 351 g/mol. The second-order valence-corrected chi connectivity index (χ2v) is 6.00. The number of hydrogen-bond acceptors (Lipinski definition) is 3. The van der Waals surface area contributed by atoms with Gasteiger partial charge in [-0.15, -0.1) is 0 Å². The third kappa shape index (κ3) is 5.57. The maximum atomic E-state index is 13.0. The molecule has 0 heterocycles. The van der Waals surface area contributed by atoms with Gasteiger partial charge in [-0.3, -0.25) is 9.69 Å². The Kier molecular flexibility index (Phi) is 7.82. The van der Waals surface area contributed by atoms with E-state index in [0.29, 0.717) is 16.8 Å². The summed E-state index contributed by atoms with van der Waals surface area (Å²) in [5.41, 5.74) is 0. The van der Waals surface area contributed by atoms with Crippen LogP contribution in [-0.2, 0) is 4.79 Å². The first-order valence-corrected chi connectivity index (χ1v) is 8.31. The zero-order valence-electron chi connectivity index (χ0n) is 13.5. The summed E-state index contributed by atoms with van der Waals surface area (Å²) < 4.78 is 19.1. The van der Waals surface area contributed by atoms with Gasteiger partial charge in [0.2, 0.25) is 0 Å². The van der Waals surface area contributed by atoms with Crippen molar-refractivity contribution in [3.63, 3.8) is 0 Å². The molecule has 124 valence electrons. The first kappa shape index (κ1) is 18.9. The zero-order valence-corrected chi connectivity index (χ0v) is 15.1. The highest BCUT2D eigenvalue weighted by atomic mass is 79.9. The van der Waals surface area contributed by atoms with Gasteiger partial charge in [-0.05, 0) is 61.1 Å². The lowest BCUT2D eigenvalue weighted by molar-refractivity contribution is -0.127. The standard InChI is InChI=1S/C16H24BrFN2O2/c1-5-20(6-2)11(3)10-19-16(21)12(4)22-15-8-7-13(18)9-14(15)17/h7-9,11-12H,5-6,10H2,1-4H3,(H,19,21)/t11-,12+/m1/s1. The van der Waals surface area contributed by atoms with E-state index in [9.17, 15) is 9.18 Å². The number of carbonyl (C=O) groups excluding carboxylic acids is 1. The fourth-order valence-corrected chi connectivity index (χ4v) is 2.63. The number of ether oxygens (including phenoxy) is 1. The number of carbonyl (C=O) groups is 1. The Morgan fingerprint density at radius 3 is 2.55 bits per heavy atom. The molecule has 0 saturated carbocycles. The van der Waals surface area contributed by atoms with E-state index in [1.807, 2.05) is 0 Å². The summed E-state index contributed by atoms with van der Waals surface area (Å²) in [5.74, 6) is -0.0968. The van der Waals surface area contributed by atoms with E-state index in [2.05, 4.69) is 46.9 Å². The Balaban J connectivity index is 2.51. The van der Waals surface area contributed by atoms with Crippen molar-refractivity contribution in [3.05, 3.63) is 28.5 Å². The summed E-state index contributed by atoms with van der Waals surface area (Å²) in [5, 5.41) is 2.89. The normalized spacial score (nSPS) is 13.8. The molecule has 6 heteroatoms. The molecule has 4 nitrogen and oxygen atoms in total. The maximum absolute atomic E-state index is 13.0. The number of benzene rings is 1. The molecule has 1 rings (SSSR count). The number of amides is 1. The highest BCUT2D eigenvalue weighted by Gasteiger charge is 2.18. The summed E-state index contributed by atoms with van der Waals surface area (Å²) >= 11 is 3.22.